The summed E-state index contributed by atoms with van der Waals surface area (Å²) in [5, 5.41) is 3.91. The van der Waals surface area contributed by atoms with Crippen LogP contribution in [-0.4, -0.2) is 17.0 Å². The molecule has 1 aliphatic heterocycles. The fourth-order valence-electron chi connectivity index (χ4n) is 1.76. The minimum Gasteiger partial charge on any atom is -0.333 e. The highest BCUT2D eigenvalue weighted by molar-refractivity contribution is 8.14. The molecule has 0 saturated carbocycles. The zero-order valence-electron chi connectivity index (χ0n) is 10.1. The van der Waals surface area contributed by atoms with Crippen molar-refractivity contribution in [2.24, 2.45) is 10.9 Å². The van der Waals surface area contributed by atoms with Crippen LogP contribution in [0.25, 0.3) is 0 Å². The van der Waals surface area contributed by atoms with E-state index in [9.17, 15) is 4.39 Å². The van der Waals surface area contributed by atoms with E-state index in [1.165, 1.54) is 6.07 Å². The molecule has 0 aromatic heterocycles. The Morgan fingerprint density at radius 1 is 1.41 bits per heavy atom. The van der Waals surface area contributed by atoms with Gasteiger partial charge in [0, 0.05) is 5.75 Å². The summed E-state index contributed by atoms with van der Waals surface area (Å²) < 4.78 is 13.5. The molecule has 4 heteroatoms. The number of rotatable bonds is 2. The predicted molar refractivity (Wildman–Crippen MR) is 73.2 cm³/mol. The minimum absolute atomic E-state index is 0.234. The molecule has 1 aromatic carbocycles. The largest absolute Gasteiger partial charge is 0.333 e. The van der Waals surface area contributed by atoms with Gasteiger partial charge in [-0.2, -0.15) is 0 Å². The lowest BCUT2D eigenvalue weighted by atomic mass is 10.0. The van der Waals surface area contributed by atoms with Crippen LogP contribution in [0.2, 0.25) is 0 Å². The predicted octanol–water partition coefficient (Wildman–Crippen LogP) is 3.76. The lowest BCUT2D eigenvalue weighted by Crippen LogP contribution is -2.24. The van der Waals surface area contributed by atoms with E-state index in [-0.39, 0.29) is 5.82 Å². The van der Waals surface area contributed by atoms with Gasteiger partial charge >= 0.3 is 0 Å². The van der Waals surface area contributed by atoms with E-state index in [1.54, 1.807) is 23.9 Å². The van der Waals surface area contributed by atoms with E-state index in [2.05, 4.69) is 24.2 Å². The van der Waals surface area contributed by atoms with Gasteiger partial charge in [-0.25, -0.2) is 4.39 Å². The smallest absolute Gasteiger partial charge is 0.161 e. The molecule has 0 spiro atoms. The van der Waals surface area contributed by atoms with Crippen LogP contribution in [-0.2, 0) is 0 Å². The van der Waals surface area contributed by atoms with Crippen molar-refractivity contribution in [2.75, 3.05) is 11.1 Å². The number of anilines is 1. The third kappa shape index (κ3) is 3.22. The molecule has 1 heterocycles. The Hall–Kier alpha value is -1.03. The summed E-state index contributed by atoms with van der Waals surface area (Å²) >= 11 is 1.66. The molecule has 1 atom stereocenters. The lowest BCUT2D eigenvalue weighted by molar-refractivity contribution is 0.485. The number of para-hydroxylation sites is 1. The Morgan fingerprint density at radius 2 is 2.18 bits per heavy atom. The summed E-state index contributed by atoms with van der Waals surface area (Å²) in [7, 11) is 0. The van der Waals surface area contributed by atoms with Crippen LogP contribution in [0.3, 0.4) is 0 Å². The van der Waals surface area contributed by atoms with Crippen LogP contribution in [0.5, 0.6) is 0 Å². The molecular weight excluding hydrogens is 235 g/mol. The van der Waals surface area contributed by atoms with E-state index in [4.69, 9.17) is 0 Å². The highest BCUT2D eigenvalue weighted by Gasteiger charge is 2.19. The van der Waals surface area contributed by atoms with E-state index >= 15 is 0 Å². The zero-order valence-corrected chi connectivity index (χ0v) is 10.9. The number of hydrogen-bond donors (Lipinski definition) is 1. The van der Waals surface area contributed by atoms with Crippen molar-refractivity contribution in [3.8, 4) is 0 Å². The zero-order chi connectivity index (χ0) is 12.3. The quantitative estimate of drug-likeness (QED) is 0.866. The fraction of sp³-hybridized carbons (Fsp3) is 0.462. The molecule has 2 nitrogen and oxygen atoms in total. The van der Waals surface area contributed by atoms with Gasteiger partial charge in [-0.05, 0) is 24.5 Å². The number of aliphatic imine (C=N–C) groups is 1. The number of amidine groups is 1. The van der Waals surface area contributed by atoms with Crippen molar-refractivity contribution in [3.05, 3.63) is 30.1 Å². The van der Waals surface area contributed by atoms with Crippen LogP contribution in [0.15, 0.2) is 29.3 Å². The molecule has 0 amide bonds. The maximum absolute atomic E-state index is 13.5. The molecule has 0 saturated heterocycles. The first-order valence-electron chi connectivity index (χ1n) is 5.89. The molecule has 1 N–H and O–H groups in total. The van der Waals surface area contributed by atoms with Gasteiger partial charge in [0.2, 0.25) is 0 Å². The summed E-state index contributed by atoms with van der Waals surface area (Å²) in [6.45, 7) is 4.34. The second kappa shape index (κ2) is 5.54. The van der Waals surface area contributed by atoms with Gasteiger partial charge in [-0.15, -0.1) is 0 Å². The van der Waals surface area contributed by atoms with E-state index in [0.717, 1.165) is 17.3 Å². The van der Waals surface area contributed by atoms with Crippen molar-refractivity contribution >= 4 is 22.6 Å². The van der Waals surface area contributed by atoms with Crippen LogP contribution < -0.4 is 5.32 Å². The molecule has 92 valence electrons. The maximum Gasteiger partial charge on any atom is 0.161 e. The normalized spacial score (nSPS) is 20.2. The second-order valence-corrected chi connectivity index (χ2v) is 5.57. The number of halogens is 1. The molecule has 17 heavy (non-hydrogen) atoms. The van der Waals surface area contributed by atoms with Crippen molar-refractivity contribution in [3.63, 3.8) is 0 Å². The topological polar surface area (TPSA) is 24.4 Å². The Balaban J connectivity index is 2.11. The summed E-state index contributed by atoms with van der Waals surface area (Å²) in [4.78, 5) is 4.62. The Kier molecular flexibility index (Phi) is 4.05. The van der Waals surface area contributed by atoms with Crippen LogP contribution in [0.1, 0.15) is 20.3 Å². The van der Waals surface area contributed by atoms with E-state index in [0.29, 0.717) is 17.6 Å². The SMILES string of the molecule is CC(C)C1CCSC(Nc2ccccc2F)=N1. The van der Waals surface area contributed by atoms with Gasteiger partial charge in [0.05, 0.1) is 11.7 Å². The molecule has 1 unspecified atom stereocenters. The number of nitrogens with zero attached hydrogens (tertiary/aromatic N) is 1. The third-order valence-corrected chi connectivity index (χ3v) is 3.74. The number of hydrogen-bond acceptors (Lipinski definition) is 3. The average molecular weight is 252 g/mol. The number of benzene rings is 1. The standard InChI is InChI=1S/C13H17FN2S/c1-9(2)11-7-8-17-13(15-11)16-12-6-4-3-5-10(12)14/h3-6,9,11H,7-8H2,1-2H3,(H,15,16). The first-order valence-corrected chi connectivity index (χ1v) is 6.87. The lowest BCUT2D eigenvalue weighted by Gasteiger charge is -2.23. The molecule has 0 aliphatic carbocycles. The summed E-state index contributed by atoms with van der Waals surface area (Å²) in [5.41, 5.74) is 0.503. The van der Waals surface area contributed by atoms with Crippen molar-refractivity contribution < 1.29 is 4.39 Å². The van der Waals surface area contributed by atoms with Crippen molar-refractivity contribution in [1.82, 2.24) is 0 Å². The van der Waals surface area contributed by atoms with Gasteiger partial charge in [-0.1, -0.05) is 37.7 Å². The number of nitrogens with one attached hydrogen (secondary N) is 1. The molecule has 0 fully saturated rings. The summed E-state index contributed by atoms with van der Waals surface area (Å²) in [5.74, 6) is 1.35. The highest BCUT2D eigenvalue weighted by Crippen LogP contribution is 2.24. The van der Waals surface area contributed by atoms with E-state index < -0.39 is 0 Å². The van der Waals surface area contributed by atoms with Gasteiger partial charge < -0.3 is 5.32 Å². The average Bonchev–Trinajstić information content (AvgIpc) is 2.32. The fourth-order valence-corrected chi connectivity index (χ4v) is 2.70. The monoisotopic (exact) mass is 252 g/mol. The Labute approximate surface area is 106 Å². The first-order chi connectivity index (χ1) is 8.16. The van der Waals surface area contributed by atoms with E-state index in [1.807, 2.05) is 6.07 Å². The summed E-state index contributed by atoms with van der Waals surface area (Å²) in [6, 6.07) is 7.05. The molecule has 1 aromatic rings. The van der Waals surface area contributed by atoms with Crippen LogP contribution in [0, 0.1) is 11.7 Å². The van der Waals surface area contributed by atoms with Crippen LogP contribution >= 0.6 is 11.8 Å². The molecule has 0 bridgehead atoms. The molecule has 0 radical (unpaired) electrons. The van der Waals surface area contributed by atoms with Gasteiger partial charge in [0.1, 0.15) is 5.82 Å². The third-order valence-electron chi connectivity index (χ3n) is 2.82. The number of thioether (sulfide) groups is 1. The second-order valence-electron chi connectivity index (χ2n) is 4.49. The van der Waals surface area contributed by atoms with Crippen molar-refractivity contribution in [1.29, 1.82) is 0 Å². The highest BCUT2D eigenvalue weighted by atomic mass is 32.2. The Bertz CT molecular complexity index is 418. The van der Waals surface area contributed by atoms with Gasteiger partial charge in [0.15, 0.2) is 5.17 Å². The molecule has 1 aliphatic rings. The maximum atomic E-state index is 13.5. The van der Waals surface area contributed by atoms with Gasteiger partial charge in [0.25, 0.3) is 0 Å². The Morgan fingerprint density at radius 3 is 2.88 bits per heavy atom. The molecular formula is C13H17FN2S. The first kappa shape index (κ1) is 12.4. The molecule has 2 rings (SSSR count). The van der Waals surface area contributed by atoms with Gasteiger partial charge in [-0.3, -0.25) is 4.99 Å². The minimum atomic E-state index is -0.234. The van der Waals surface area contributed by atoms with Crippen LogP contribution in [0.4, 0.5) is 10.1 Å². The van der Waals surface area contributed by atoms with Crippen molar-refractivity contribution in [2.45, 2.75) is 26.3 Å². The summed E-state index contributed by atoms with van der Waals surface area (Å²) in [6.07, 6.45) is 1.10.